The number of hydrogen-bond acceptors (Lipinski definition) is 3. The van der Waals surface area contributed by atoms with Crippen molar-refractivity contribution in [1.29, 1.82) is 0 Å². The Morgan fingerprint density at radius 2 is 1.74 bits per heavy atom. The summed E-state index contributed by atoms with van der Waals surface area (Å²) >= 11 is 0. The van der Waals surface area contributed by atoms with E-state index < -0.39 is 6.10 Å². The summed E-state index contributed by atoms with van der Waals surface area (Å²) in [5.74, 6) is 0.583. The minimum Gasteiger partial charge on any atom is -0.481 e. The molecule has 0 heterocycles. The molecule has 0 saturated heterocycles. The molecule has 122 valence electrons. The van der Waals surface area contributed by atoms with Gasteiger partial charge in [0.05, 0.1) is 0 Å². The monoisotopic (exact) mass is 312 g/mol. The summed E-state index contributed by atoms with van der Waals surface area (Å²) in [6.07, 6.45) is -0.566. The molecule has 0 bridgehead atoms. The van der Waals surface area contributed by atoms with E-state index in [4.69, 9.17) is 4.74 Å². The molecule has 0 aliphatic rings. The molecular formula is C19H24N2O2. The SMILES string of the molecule is Cc1ccc(C)c(OC(C)C(=O)Nc2ccc(N(C)C)cc2)c1. The maximum absolute atomic E-state index is 12.3. The van der Waals surface area contributed by atoms with Gasteiger partial charge in [-0.1, -0.05) is 12.1 Å². The fraction of sp³-hybridized carbons (Fsp3) is 0.316. The number of nitrogens with one attached hydrogen (secondary N) is 1. The summed E-state index contributed by atoms with van der Waals surface area (Å²) in [4.78, 5) is 14.3. The number of rotatable bonds is 5. The van der Waals surface area contributed by atoms with Crippen molar-refractivity contribution in [2.45, 2.75) is 26.9 Å². The van der Waals surface area contributed by atoms with E-state index in [9.17, 15) is 4.79 Å². The van der Waals surface area contributed by atoms with Gasteiger partial charge in [0.15, 0.2) is 6.10 Å². The van der Waals surface area contributed by atoms with Crippen molar-refractivity contribution >= 4 is 17.3 Å². The molecule has 0 spiro atoms. The molecule has 1 unspecified atom stereocenters. The Morgan fingerprint density at radius 1 is 1.09 bits per heavy atom. The van der Waals surface area contributed by atoms with Crippen molar-refractivity contribution in [1.82, 2.24) is 0 Å². The van der Waals surface area contributed by atoms with Crippen LogP contribution in [0.15, 0.2) is 42.5 Å². The van der Waals surface area contributed by atoms with Crippen molar-refractivity contribution in [2.75, 3.05) is 24.3 Å². The number of aryl methyl sites for hydroxylation is 2. The Morgan fingerprint density at radius 3 is 2.35 bits per heavy atom. The fourth-order valence-corrected chi connectivity index (χ4v) is 2.17. The Hall–Kier alpha value is -2.49. The summed E-state index contributed by atoms with van der Waals surface area (Å²) in [6, 6.07) is 13.7. The van der Waals surface area contributed by atoms with Crippen molar-refractivity contribution in [3.05, 3.63) is 53.6 Å². The second-order valence-corrected chi connectivity index (χ2v) is 5.96. The highest BCUT2D eigenvalue weighted by Crippen LogP contribution is 2.21. The van der Waals surface area contributed by atoms with Gasteiger partial charge in [-0.3, -0.25) is 4.79 Å². The molecule has 4 nitrogen and oxygen atoms in total. The number of ether oxygens (including phenoxy) is 1. The van der Waals surface area contributed by atoms with Crippen LogP contribution < -0.4 is 15.0 Å². The minimum absolute atomic E-state index is 0.163. The van der Waals surface area contributed by atoms with Gasteiger partial charge in [-0.25, -0.2) is 0 Å². The molecule has 0 radical (unpaired) electrons. The van der Waals surface area contributed by atoms with Crippen LogP contribution in [-0.2, 0) is 4.79 Å². The largest absolute Gasteiger partial charge is 0.481 e. The first-order valence-corrected chi connectivity index (χ1v) is 7.69. The summed E-state index contributed by atoms with van der Waals surface area (Å²) < 4.78 is 5.80. The van der Waals surface area contributed by atoms with Crippen LogP contribution in [0.2, 0.25) is 0 Å². The van der Waals surface area contributed by atoms with Gasteiger partial charge < -0.3 is 15.0 Å². The zero-order valence-corrected chi connectivity index (χ0v) is 14.4. The van der Waals surface area contributed by atoms with Gasteiger partial charge in [-0.15, -0.1) is 0 Å². The van der Waals surface area contributed by atoms with Gasteiger partial charge in [0.1, 0.15) is 5.75 Å². The zero-order chi connectivity index (χ0) is 17.0. The van der Waals surface area contributed by atoms with Crippen molar-refractivity contribution < 1.29 is 9.53 Å². The first kappa shape index (κ1) is 16.9. The number of hydrogen-bond donors (Lipinski definition) is 1. The van der Waals surface area contributed by atoms with E-state index in [1.807, 2.05) is 75.3 Å². The zero-order valence-electron chi connectivity index (χ0n) is 14.4. The van der Waals surface area contributed by atoms with Gasteiger partial charge in [0.25, 0.3) is 5.91 Å². The molecule has 1 N–H and O–H groups in total. The maximum Gasteiger partial charge on any atom is 0.265 e. The van der Waals surface area contributed by atoms with E-state index in [0.29, 0.717) is 0 Å². The fourth-order valence-electron chi connectivity index (χ4n) is 2.17. The normalized spacial score (nSPS) is 11.7. The van der Waals surface area contributed by atoms with Gasteiger partial charge in [-0.05, 0) is 62.2 Å². The molecule has 0 fully saturated rings. The van der Waals surface area contributed by atoms with E-state index >= 15 is 0 Å². The second-order valence-electron chi connectivity index (χ2n) is 5.96. The highest BCUT2D eigenvalue weighted by Gasteiger charge is 2.16. The van der Waals surface area contributed by atoms with Gasteiger partial charge in [0.2, 0.25) is 0 Å². The first-order valence-electron chi connectivity index (χ1n) is 7.69. The van der Waals surface area contributed by atoms with E-state index in [2.05, 4.69) is 5.32 Å². The summed E-state index contributed by atoms with van der Waals surface area (Å²) in [7, 11) is 3.96. The molecule has 2 rings (SSSR count). The topological polar surface area (TPSA) is 41.6 Å². The number of anilines is 2. The van der Waals surface area contributed by atoms with Gasteiger partial charge >= 0.3 is 0 Å². The van der Waals surface area contributed by atoms with Crippen LogP contribution in [0, 0.1) is 13.8 Å². The van der Waals surface area contributed by atoms with Gasteiger partial charge in [-0.2, -0.15) is 0 Å². The van der Waals surface area contributed by atoms with Crippen molar-refractivity contribution in [3.63, 3.8) is 0 Å². The standard InChI is InChI=1S/C19H24N2O2/c1-13-6-7-14(2)18(12-13)23-15(3)19(22)20-16-8-10-17(11-9-16)21(4)5/h6-12,15H,1-5H3,(H,20,22). The maximum atomic E-state index is 12.3. The second kappa shape index (κ2) is 7.18. The van der Waals surface area contributed by atoms with E-state index in [-0.39, 0.29) is 5.91 Å². The lowest BCUT2D eigenvalue weighted by Crippen LogP contribution is -2.30. The molecule has 0 saturated carbocycles. The number of nitrogens with zero attached hydrogens (tertiary/aromatic N) is 1. The van der Waals surface area contributed by atoms with Crippen LogP contribution in [0.25, 0.3) is 0 Å². The highest BCUT2D eigenvalue weighted by molar-refractivity contribution is 5.94. The van der Waals surface area contributed by atoms with Crippen LogP contribution >= 0.6 is 0 Å². The lowest BCUT2D eigenvalue weighted by Gasteiger charge is -2.17. The molecule has 0 aromatic heterocycles. The van der Waals surface area contributed by atoms with Crippen molar-refractivity contribution in [2.24, 2.45) is 0 Å². The third-order valence-corrected chi connectivity index (χ3v) is 3.67. The number of benzene rings is 2. The average Bonchev–Trinajstić information content (AvgIpc) is 2.51. The molecule has 0 aliphatic heterocycles. The third kappa shape index (κ3) is 4.49. The molecule has 0 aliphatic carbocycles. The molecule has 1 atom stereocenters. The Labute approximate surface area is 138 Å². The molecule has 23 heavy (non-hydrogen) atoms. The summed E-state index contributed by atoms with van der Waals surface area (Å²) in [5, 5.41) is 2.88. The van der Waals surface area contributed by atoms with Crippen LogP contribution in [0.3, 0.4) is 0 Å². The van der Waals surface area contributed by atoms with Crippen LogP contribution in [0.1, 0.15) is 18.1 Å². The highest BCUT2D eigenvalue weighted by atomic mass is 16.5. The van der Waals surface area contributed by atoms with E-state index in [1.165, 1.54) is 0 Å². The lowest BCUT2D eigenvalue weighted by molar-refractivity contribution is -0.122. The summed E-state index contributed by atoms with van der Waals surface area (Å²) in [5.41, 5.74) is 3.97. The van der Waals surface area contributed by atoms with E-state index in [0.717, 1.165) is 28.3 Å². The predicted molar refractivity (Wildman–Crippen MR) is 95.4 cm³/mol. The predicted octanol–water partition coefficient (Wildman–Crippen LogP) is 3.78. The number of amides is 1. The minimum atomic E-state index is -0.566. The Bertz CT molecular complexity index is 678. The molecule has 4 heteroatoms. The van der Waals surface area contributed by atoms with Crippen molar-refractivity contribution in [3.8, 4) is 5.75 Å². The Kier molecular flexibility index (Phi) is 5.27. The first-order chi connectivity index (χ1) is 10.9. The third-order valence-electron chi connectivity index (χ3n) is 3.67. The van der Waals surface area contributed by atoms with E-state index in [1.54, 1.807) is 6.92 Å². The Balaban J connectivity index is 2.01. The summed E-state index contributed by atoms with van der Waals surface area (Å²) in [6.45, 7) is 5.73. The van der Waals surface area contributed by atoms with Crippen LogP contribution in [0.5, 0.6) is 5.75 Å². The van der Waals surface area contributed by atoms with Crippen LogP contribution in [0.4, 0.5) is 11.4 Å². The molecule has 2 aromatic rings. The van der Waals surface area contributed by atoms with Gasteiger partial charge in [0, 0.05) is 25.5 Å². The number of carbonyl (C=O) groups is 1. The lowest BCUT2D eigenvalue weighted by atomic mass is 10.1. The smallest absolute Gasteiger partial charge is 0.265 e. The van der Waals surface area contributed by atoms with Crippen LogP contribution in [-0.4, -0.2) is 26.1 Å². The molecular weight excluding hydrogens is 288 g/mol. The molecule has 2 aromatic carbocycles. The molecule has 1 amide bonds. The average molecular weight is 312 g/mol. The number of carbonyl (C=O) groups excluding carboxylic acids is 1. The quantitative estimate of drug-likeness (QED) is 0.913.